The molecule has 0 aliphatic heterocycles. The van der Waals surface area contributed by atoms with Crippen LogP contribution in [0.1, 0.15) is 33.6 Å². The second-order valence-electron chi connectivity index (χ2n) is 4.52. The van der Waals surface area contributed by atoms with Gasteiger partial charge in [-0.2, -0.15) is 0 Å². The van der Waals surface area contributed by atoms with Crippen LogP contribution in [0.5, 0.6) is 5.75 Å². The molecule has 1 N–H and O–H groups in total. The molecule has 1 heterocycles. The summed E-state index contributed by atoms with van der Waals surface area (Å²) in [6.45, 7) is 6.72. The molecule has 0 amide bonds. The Morgan fingerprint density at radius 2 is 2.05 bits per heavy atom. The van der Waals surface area contributed by atoms with E-state index >= 15 is 0 Å². The molecule has 3 nitrogen and oxygen atoms in total. The number of thiazole rings is 1. The number of hydrogen-bond acceptors (Lipinski definition) is 4. The average Bonchev–Trinajstić information content (AvgIpc) is 2.82. The summed E-state index contributed by atoms with van der Waals surface area (Å²) in [5.74, 6) is 0.863. The molecule has 1 aromatic heterocycles. The molecule has 0 unspecified atom stereocenters. The second kappa shape index (κ2) is 6.17. The number of aryl methyl sites for hydroxylation is 3. The zero-order chi connectivity index (χ0) is 13.8. The second-order valence-corrected chi connectivity index (χ2v) is 5.69. The van der Waals surface area contributed by atoms with Gasteiger partial charge in [-0.05, 0) is 43.5 Å². The average molecular weight is 277 g/mol. The van der Waals surface area contributed by atoms with Crippen molar-refractivity contribution in [2.24, 2.45) is 0 Å². The number of aliphatic hydroxyl groups excluding tert-OH is 1. The van der Waals surface area contributed by atoms with Crippen molar-refractivity contribution < 1.29 is 9.84 Å². The quantitative estimate of drug-likeness (QED) is 0.911. The van der Waals surface area contributed by atoms with Crippen LogP contribution in [0.15, 0.2) is 18.2 Å². The molecule has 4 heteroatoms. The molecule has 0 fully saturated rings. The van der Waals surface area contributed by atoms with Crippen molar-refractivity contribution in [2.45, 2.75) is 40.4 Å². The van der Waals surface area contributed by atoms with Crippen molar-refractivity contribution in [3.05, 3.63) is 44.9 Å². The number of hydrogen-bond donors (Lipinski definition) is 1. The molecule has 0 saturated heterocycles. The summed E-state index contributed by atoms with van der Waals surface area (Å²) in [5.41, 5.74) is 3.46. The number of nitrogens with zero attached hydrogens (tertiary/aromatic N) is 1. The first-order valence-electron chi connectivity index (χ1n) is 6.42. The lowest BCUT2D eigenvalue weighted by Crippen LogP contribution is -1.96. The van der Waals surface area contributed by atoms with Crippen molar-refractivity contribution in [3.63, 3.8) is 0 Å². The Bertz CT molecular complexity index is 542. The number of aliphatic hydroxyl groups is 1. The van der Waals surface area contributed by atoms with Gasteiger partial charge in [-0.3, -0.25) is 0 Å². The van der Waals surface area contributed by atoms with Gasteiger partial charge in [0.25, 0.3) is 0 Å². The van der Waals surface area contributed by atoms with Gasteiger partial charge in [0.2, 0.25) is 0 Å². The van der Waals surface area contributed by atoms with Crippen molar-refractivity contribution in [3.8, 4) is 5.75 Å². The van der Waals surface area contributed by atoms with Crippen LogP contribution in [0.3, 0.4) is 0 Å². The highest BCUT2D eigenvalue weighted by molar-refractivity contribution is 7.11. The smallest absolute Gasteiger partial charge is 0.140 e. The zero-order valence-electron chi connectivity index (χ0n) is 11.6. The third-order valence-corrected chi connectivity index (χ3v) is 4.20. The lowest BCUT2D eigenvalue weighted by molar-refractivity contribution is 0.284. The van der Waals surface area contributed by atoms with E-state index in [1.807, 2.05) is 19.1 Å². The van der Waals surface area contributed by atoms with Crippen LogP contribution < -0.4 is 4.74 Å². The van der Waals surface area contributed by atoms with Gasteiger partial charge in [-0.25, -0.2) is 4.98 Å². The third kappa shape index (κ3) is 3.33. The Morgan fingerprint density at radius 3 is 2.63 bits per heavy atom. The lowest BCUT2D eigenvalue weighted by Gasteiger charge is -2.06. The van der Waals surface area contributed by atoms with E-state index in [-0.39, 0.29) is 6.61 Å². The topological polar surface area (TPSA) is 42.4 Å². The van der Waals surface area contributed by atoms with Gasteiger partial charge in [-0.1, -0.05) is 13.0 Å². The standard InChI is InChI=1S/C15H19NO2S/c1-4-13-14(8-17)19-15(16-13)9-18-12-6-5-10(2)11(3)7-12/h5-7,17H,4,8-9H2,1-3H3. The van der Waals surface area contributed by atoms with Gasteiger partial charge in [0, 0.05) is 0 Å². The summed E-state index contributed by atoms with van der Waals surface area (Å²) in [7, 11) is 0. The summed E-state index contributed by atoms with van der Waals surface area (Å²) in [6, 6.07) is 6.07. The van der Waals surface area contributed by atoms with Gasteiger partial charge < -0.3 is 9.84 Å². The van der Waals surface area contributed by atoms with Gasteiger partial charge in [0.15, 0.2) is 0 Å². The first kappa shape index (κ1) is 14.0. The van der Waals surface area contributed by atoms with E-state index in [1.165, 1.54) is 22.5 Å². The van der Waals surface area contributed by atoms with E-state index in [9.17, 15) is 5.11 Å². The van der Waals surface area contributed by atoms with Gasteiger partial charge in [0.1, 0.15) is 17.4 Å². The molecule has 0 spiro atoms. The molecule has 0 aliphatic rings. The molecular weight excluding hydrogens is 258 g/mol. The molecule has 1 aromatic carbocycles. The predicted molar refractivity (Wildman–Crippen MR) is 77.7 cm³/mol. The van der Waals surface area contributed by atoms with Crippen LogP contribution in [0.25, 0.3) is 0 Å². The van der Waals surface area contributed by atoms with Crippen LogP contribution in [0.4, 0.5) is 0 Å². The first-order chi connectivity index (χ1) is 9.13. The summed E-state index contributed by atoms with van der Waals surface area (Å²) < 4.78 is 5.75. The van der Waals surface area contributed by atoms with E-state index in [4.69, 9.17) is 4.74 Å². The summed E-state index contributed by atoms with van der Waals surface area (Å²) in [6.07, 6.45) is 0.843. The Balaban J connectivity index is 2.05. The van der Waals surface area contributed by atoms with Gasteiger partial charge >= 0.3 is 0 Å². The van der Waals surface area contributed by atoms with Gasteiger partial charge in [-0.15, -0.1) is 11.3 Å². The van der Waals surface area contributed by atoms with Crippen LogP contribution in [0, 0.1) is 13.8 Å². The summed E-state index contributed by atoms with van der Waals surface area (Å²) in [5, 5.41) is 10.2. The third-order valence-electron chi connectivity index (χ3n) is 3.14. The molecule has 0 aliphatic carbocycles. The Kier molecular flexibility index (Phi) is 4.56. The van der Waals surface area contributed by atoms with Crippen LogP contribution in [0.2, 0.25) is 0 Å². The first-order valence-corrected chi connectivity index (χ1v) is 7.24. The van der Waals surface area contributed by atoms with Crippen molar-refractivity contribution in [2.75, 3.05) is 0 Å². The Morgan fingerprint density at radius 1 is 1.26 bits per heavy atom. The molecule has 2 aromatic rings. The lowest BCUT2D eigenvalue weighted by atomic mass is 10.1. The highest BCUT2D eigenvalue weighted by Crippen LogP contribution is 2.22. The molecule has 0 bridgehead atoms. The molecule has 0 radical (unpaired) electrons. The number of aromatic nitrogens is 1. The fraction of sp³-hybridized carbons (Fsp3) is 0.400. The van der Waals surface area contributed by atoms with E-state index in [2.05, 4.69) is 24.9 Å². The van der Waals surface area contributed by atoms with E-state index in [0.717, 1.165) is 27.7 Å². The Labute approximate surface area is 117 Å². The number of benzene rings is 1. The Hall–Kier alpha value is -1.39. The minimum atomic E-state index is 0.0600. The van der Waals surface area contributed by atoms with E-state index in [0.29, 0.717) is 6.61 Å². The fourth-order valence-corrected chi connectivity index (χ4v) is 2.78. The predicted octanol–water partition coefficient (Wildman–Crippen LogP) is 3.39. The summed E-state index contributed by atoms with van der Waals surface area (Å²) in [4.78, 5) is 5.43. The highest BCUT2D eigenvalue weighted by Gasteiger charge is 2.09. The summed E-state index contributed by atoms with van der Waals surface area (Å²) >= 11 is 1.52. The van der Waals surface area contributed by atoms with E-state index in [1.54, 1.807) is 0 Å². The number of ether oxygens (including phenoxy) is 1. The fourth-order valence-electron chi connectivity index (χ4n) is 1.85. The van der Waals surface area contributed by atoms with E-state index < -0.39 is 0 Å². The van der Waals surface area contributed by atoms with Gasteiger partial charge in [0.05, 0.1) is 17.2 Å². The largest absolute Gasteiger partial charge is 0.486 e. The molecule has 19 heavy (non-hydrogen) atoms. The number of rotatable bonds is 5. The highest BCUT2D eigenvalue weighted by atomic mass is 32.1. The maximum atomic E-state index is 9.24. The monoisotopic (exact) mass is 277 g/mol. The molecule has 0 saturated carbocycles. The zero-order valence-corrected chi connectivity index (χ0v) is 12.4. The van der Waals surface area contributed by atoms with Crippen LogP contribution >= 0.6 is 11.3 Å². The molecule has 2 rings (SSSR count). The van der Waals surface area contributed by atoms with Crippen LogP contribution in [-0.4, -0.2) is 10.1 Å². The molecule has 102 valence electrons. The van der Waals surface area contributed by atoms with Crippen molar-refractivity contribution in [1.82, 2.24) is 4.98 Å². The maximum Gasteiger partial charge on any atom is 0.140 e. The van der Waals surface area contributed by atoms with Crippen LogP contribution in [-0.2, 0) is 19.6 Å². The molecular formula is C15H19NO2S. The molecule has 0 atom stereocenters. The van der Waals surface area contributed by atoms with Crippen molar-refractivity contribution in [1.29, 1.82) is 0 Å². The van der Waals surface area contributed by atoms with Crippen molar-refractivity contribution >= 4 is 11.3 Å². The minimum Gasteiger partial charge on any atom is -0.486 e. The minimum absolute atomic E-state index is 0.0600. The SMILES string of the molecule is CCc1nc(COc2ccc(C)c(C)c2)sc1CO. The normalized spacial score (nSPS) is 10.7. The maximum absolute atomic E-state index is 9.24.